The number of amides is 6. The van der Waals surface area contributed by atoms with E-state index in [-0.39, 0.29) is 70.7 Å². The van der Waals surface area contributed by atoms with E-state index in [0.717, 1.165) is 16.2 Å². The number of nitrogens with two attached hydrogens (primary N) is 1. The maximum atomic E-state index is 13.7. The molecule has 0 fully saturated rings. The Morgan fingerprint density at radius 2 is 0.880 bits per heavy atom. The van der Waals surface area contributed by atoms with Crippen LogP contribution in [-0.4, -0.2) is 159 Å². The van der Waals surface area contributed by atoms with Gasteiger partial charge < -0.3 is 45.8 Å². The standard InChI is InChI=1S/C34H65N7O8.CH4/c1-11-23(5)36-15-30(45)40(25(7)13-3)21-32(47)37(16-27(9)42)19-31(46)38(17-28(10)43)20-33(48)41(26(8)14-4)22-34(49)39(18-29(35)44)24(6)12-2;/h23-28,36,42-43H,11-22H2,1-10H3,(H2,35,44);1H4. The smallest absolute Gasteiger partial charge is 0.242 e. The molecule has 5 N–H and O–H groups in total. The van der Waals surface area contributed by atoms with Crippen LogP contribution in [0, 0.1) is 0 Å². The predicted octanol–water partition coefficient (Wildman–Crippen LogP) is 0.796. The second-order valence-electron chi connectivity index (χ2n) is 13.2. The zero-order valence-corrected chi connectivity index (χ0v) is 31.6. The maximum absolute atomic E-state index is 13.7. The molecule has 0 aromatic rings. The minimum Gasteiger partial charge on any atom is -0.392 e. The summed E-state index contributed by atoms with van der Waals surface area (Å²) in [4.78, 5) is 85.6. The number of nitrogens with one attached hydrogen (secondary N) is 1. The third-order valence-corrected chi connectivity index (χ3v) is 8.81. The highest BCUT2D eigenvalue weighted by Crippen LogP contribution is 2.12. The number of nitrogens with zero attached hydrogens (tertiary/aromatic N) is 5. The van der Waals surface area contributed by atoms with Crippen molar-refractivity contribution >= 4 is 35.4 Å². The van der Waals surface area contributed by atoms with Gasteiger partial charge in [-0.05, 0) is 67.2 Å². The Morgan fingerprint density at radius 3 is 1.26 bits per heavy atom. The van der Waals surface area contributed by atoms with Crippen molar-refractivity contribution in [3.63, 3.8) is 0 Å². The van der Waals surface area contributed by atoms with Crippen LogP contribution in [0.2, 0.25) is 0 Å². The number of hydrogen-bond acceptors (Lipinski definition) is 9. The first-order chi connectivity index (χ1) is 22.8. The van der Waals surface area contributed by atoms with Crippen molar-refractivity contribution in [2.24, 2.45) is 5.73 Å². The van der Waals surface area contributed by atoms with Crippen LogP contribution < -0.4 is 11.1 Å². The molecule has 0 heterocycles. The lowest BCUT2D eigenvalue weighted by molar-refractivity contribution is -0.150. The molecular formula is C35H69N7O8. The van der Waals surface area contributed by atoms with E-state index in [1.807, 2.05) is 41.5 Å². The number of aliphatic hydroxyl groups is 2. The van der Waals surface area contributed by atoms with Gasteiger partial charge in [0.1, 0.15) is 13.1 Å². The van der Waals surface area contributed by atoms with Gasteiger partial charge in [-0.15, -0.1) is 0 Å². The van der Waals surface area contributed by atoms with Crippen molar-refractivity contribution in [1.29, 1.82) is 0 Å². The molecule has 50 heavy (non-hydrogen) atoms. The second kappa shape index (κ2) is 24.8. The fourth-order valence-corrected chi connectivity index (χ4v) is 4.95. The zero-order chi connectivity index (χ0) is 38.0. The van der Waals surface area contributed by atoms with Crippen LogP contribution >= 0.6 is 0 Å². The van der Waals surface area contributed by atoms with Gasteiger partial charge in [0.2, 0.25) is 35.4 Å². The molecule has 15 nitrogen and oxygen atoms in total. The number of hydrogen-bond donors (Lipinski definition) is 4. The fraction of sp³-hybridized carbons (Fsp3) is 0.829. The van der Waals surface area contributed by atoms with Gasteiger partial charge in [0.05, 0.1) is 38.4 Å². The van der Waals surface area contributed by atoms with Crippen LogP contribution in [0.1, 0.15) is 102 Å². The number of rotatable bonds is 24. The van der Waals surface area contributed by atoms with Crippen molar-refractivity contribution in [2.75, 3.05) is 52.4 Å². The lowest BCUT2D eigenvalue weighted by atomic mass is 10.1. The van der Waals surface area contributed by atoms with E-state index in [9.17, 15) is 39.0 Å². The average molecular weight is 716 g/mol. The molecule has 6 unspecified atom stereocenters. The molecule has 0 bridgehead atoms. The molecule has 0 aromatic carbocycles. The van der Waals surface area contributed by atoms with Crippen molar-refractivity contribution < 1.29 is 39.0 Å². The van der Waals surface area contributed by atoms with Crippen LogP contribution in [0.5, 0.6) is 0 Å². The second-order valence-corrected chi connectivity index (χ2v) is 13.2. The highest BCUT2D eigenvalue weighted by Gasteiger charge is 2.32. The third kappa shape index (κ3) is 17.6. The van der Waals surface area contributed by atoms with Crippen molar-refractivity contribution in [2.45, 2.75) is 139 Å². The SMILES string of the molecule is C.CCC(C)NCC(=O)N(CC(=O)N(CC(=O)N(CC(=O)N(CC(=O)N(CC(N)=O)C(C)CC)C(C)CC)CC(C)O)CC(C)O)C(C)CC. The van der Waals surface area contributed by atoms with Crippen LogP contribution in [0.15, 0.2) is 0 Å². The number of primary amides is 1. The molecule has 0 radical (unpaired) electrons. The van der Waals surface area contributed by atoms with Crippen LogP contribution in [0.4, 0.5) is 0 Å². The summed E-state index contributed by atoms with van der Waals surface area (Å²) in [5.41, 5.74) is 5.38. The van der Waals surface area contributed by atoms with E-state index in [0.29, 0.717) is 19.3 Å². The van der Waals surface area contributed by atoms with Gasteiger partial charge in [-0.1, -0.05) is 35.1 Å². The third-order valence-electron chi connectivity index (χ3n) is 8.81. The molecule has 15 heteroatoms. The van der Waals surface area contributed by atoms with Gasteiger partial charge in [-0.3, -0.25) is 28.8 Å². The molecule has 6 amide bonds. The van der Waals surface area contributed by atoms with E-state index < -0.39 is 60.9 Å². The normalized spacial score (nSPS) is 14.6. The van der Waals surface area contributed by atoms with E-state index in [4.69, 9.17) is 5.73 Å². The molecule has 6 atom stereocenters. The minimum atomic E-state index is -1.02. The predicted molar refractivity (Wildman–Crippen MR) is 195 cm³/mol. The van der Waals surface area contributed by atoms with Crippen LogP contribution in [0.3, 0.4) is 0 Å². The Balaban J connectivity index is 0. The van der Waals surface area contributed by atoms with E-state index >= 15 is 0 Å². The topological polar surface area (TPSA) is 197 Å². The Hall–Kier alpha value is -3.30. The summed E-state index contributed by atoms with van der Waals surface area (Å²) in [7, 11) is 0. The summed E-state index contributed by atoms with van der Waals surface area (Å²) >= 11 is 0. The fourth-order valence-electron chi connectivity index (χ4n) is 4.95. The summed E-state index contributed by atoms with van der Waals surface area (Å²) in [6, 6.07) is -0.868. The molecule has 0 aliphatic rings. The summed E-state index contributed by atoms with van der Waals surface area (Å²) in [6.45, 7) is 15.5. The van der Waals surface area contributed by atoms with Gasteiger partial charge in [-0.2, -0.15) is 0 Å². The Bertz CT molecular complexity index is 1070. The first-order valence-electron chi connectivity index (χ1n) is 17.6. The Morgan fingerprint density at radius 1 is 0.540 bits per heavy atom. The van der Waals surface area contributed by atoms with Crippen molar-refractivity contribution in [3.8, 4) is 0 Å². The van der Waals surface area contributed by atoms with E-state index in [1.54, 1.807) is 13.8 Å². The Labute approximate surface area is 300 Å². The molecule has 0 saturated heterocycles. The molecule has 0 aromatic heterocycles. The number of carbonyl (C=O) groups is 6. The molecule has 0 aliphatic heterocycles. The molecule has 292 valence electrons. The van der Waals surface area contributed by atoms with E-state index in [2.05, 4.69) is 5.32 Å². The minimum absolute atomic E-state index is 0. The average Bonchev–Trinajstić information content (AvgIpc) is 3.04. The number of aliphatic hydroxyl groups excluding tert-OH is 2. The lowest BCUT2D eigenvalue weighted by Crippen LogP contribution is -2.55. The zero-order valence-electron chi connectivity index (χ0n) is 31.6. The van der Waals surface area contributed by atoms with Crippen LogP contribution in [-0.2, 0) is 28.8 Å². The maximum Gasteiger partial charge on any atom is 0.242 e. The summed E-state index contributed by atoms with van der Waals surface area (Å²) in [6.07, 6.45) is 0.454. The lowest BCUT2D eigenvalue weighted by Gasteiger charge is -2.35. The van der Waals surface area contributed by atoms with Crippen molar-refractivity contribution in [3.05, 3.63) is 0 Å². The van der Waals surface area contributed by atoms with Gasteiger partial charge in [0, 0.05) is 37.3 Å². The van der Waals surface area contributed by atoms with Gasteiger partial charge >= 0.3 is 0 Å². The monoisotopic (exact) mass is 716 g/mol. The van der Waals surface area contributed by atoms with Crippen LogP contribution in [0.25, 0.3) is 0 Å². The highest BCUT2D eigenvalue weighted by molar-refractivity contribution is 5.92. The largest absolute Gasteiger partial charge is 0.392 e. The molecule has 0 spiro atoms. The summed E-state index contributed by atoms with van der Waals surface area (Å²) in [5, 5.41) is 23.6. The molecular weight excluding hydrogens is 646 g/mol. The number of carbonyl (C=O) groups excluding carboxylic acids is 6. The van der Waals surface area contributed by atoms with E-state index in [1.165, 1.54) is 28.5 Å². The first-order valence-corrected chi connectivity index (χ1v) is 17.6. The molecule has 0 aliphatic carbocycles. The summed E-state index contributed by atoms with van der Waals surface area (Å²) < 4.78 is 0. The highest BCUT2D eigenvalue weighted by atomic mass is 16.3. The molecule has 0 saturated carbocycles. The molecule has 0 rings (SSSR count). The first kappa shape index (κ1) is 48.8. The Kier molecular flexibility index (Phi) is 24.2. The van der Waals surface area contributed by atoms with Gasteiger partial charge in [-0.25, -0.2) is 0 Å². The summed E-state index contributed by atoms with van der Waals surface area (Å²) in [5.74, 6) is -3.19. The quantitative estimate of drug-likeness (QED) is 0.112. The van der Waals surface area contributed by atoms with Gasteiger partial charge in [0.25, 0.3) is 0 Å². The van der Waals surface area contributed by atoms with Gasteiger partial charge in [0.15, 0.2) is 0 Å². The van der Waals surface area contributed by atoms with Crippen molar-refractivity contribution in [1.82, 2.24) is 29.8 Å².